The van der Waals surface area contributed by atoms with Crippen LogP contribution in [0.2, 0.25) is 0 Å². The lowest BCUT2D eigenvalue weighted by Crippen LogP contribution is -2.56. The van der Waals surface area contributed by atoms with Crippen molar-refractivity contribution in [3.63, 3.8) is 0 Å². The van der Waals surface area contributed by atoms with Crippen molar-refractivity contribution < 1.29 is 32.7 Å². The predicted molar refractivity (Wildman–Crippen MR) is 162 cm³/mol. The van der Waals surface area contributed by atoms with Gasteiger partial charge in [-0.3, -0.25) is 9.59 Å². The van der Waals surface area contributed by atoms with Gasteiger partial charge in [-0.05, 0) is 37.0 Å². The summed E-state index contributed by atoms with van der Waals surface area (Å²) in [5.41, 5.74) is -1.73. The van der Waals surface area contributed by atoms with E-state index >= 15 is 0 Å². The van der Waals surface area contributed by atoms with Crippen LogP contribution in [-0.2, 0) is 24.6 Å². The van der Waals surface area contributed by atoms with Crippen molar-refractivity contribution in [2.75, 3.05) is 39.8 Å². The third-order valence-corrected chi connectivity index (χ3v) is 11.1. The normalized spacial score (nSPS) is 26.2. The van der Waals surface area contributed by atoms with Crippen LogP contribution >= 0.6 is 0 Å². The average Bonchev–Trinajstić information content (AvgIpc) is 3.27. The Kier molecular flexibility index (Phi) is 11.9. The van der Waals surface area contributed by atoms with Gasteiger partial charge in [0.15, 0.2) is 0 Å². The van der Waals surface area contributed by atoms with E-state index in [1.807, 2.05) is 20.8 Å². The van der Waals surface area contributed by atoms with Crippen molar-refractivity contribution >= 4 is 34.0 Å². The highest BCUT2D eigenvalue weighted by Gasteiger charge is 2.61. The highest BCUT2D eigenvalue weighted by Crippen LogP contribution is 2.47. The second kappa shape index (κ2) is 14.6. The molecule has 0 aromatic carbocycles. The van der Waals surface area contributed by atoms with Gasteiger partial charge in [0.1, 0.15) is 11.6 Å². The predicted octanol–water partition coefficient (Wildman–Crippen LogP) is 1.89. The molecule has 246 valence electrons. The lowest BCUT2D eigenvalue weighted by Gasteiger charge is -2.34. The van der Waals surface area contributed by atoms with Crippen molar-refractivity contribution in [3.8, 4) is 0 Å². The van der Waals surface area contributed by atoms with Crippen LogP contribution < -0.4 is 16.0 Å². The zero-order valence-corrected chi connectivity index (χ0v) is 27.3. The topological polar surface area (TPSA) is 168 Å². The molecule has 2 heterocycles. The molecular formula is C29H52N6O7S. The van der Waals surface area contributed by atoms with Gasteiger partial charge >= 0.3 is 12.0 Å². The second-order valence-electron chi connectivity index (χ2n) is 13.4. The van der Waals surface area contributed by atoms with Gasteiger partial charge in [-0.2, -0.15) is 17.0 Å². The summed E-state index contributed by atoms with van der Waals surface area (Å²) in [7, 11) is -2.06. The Balaban J connectivity index is 1.50. The lowest BCUT2D eigenvalue weighted by molar-refractivity contribution is -0.145. The number of carboxylic acid groups (broad SMARTS) is 1. The average molecular weight is 629 g/mol. The first-order chi connectivity index (χ1) is 20.1. The number of urea groups is 1. The van der Waals surface area contributed by atoms with E-state index in [2.05, 4.69) is 22.9 Å². The summed E-state index contributed by atoms with van der Waals surface area (Å²) in [4.78, 5) is 52.6. The molecule has 2 saturated heterocycles. The number of amides is 4. The highest BCUT2D eigenvalue weighted by atomic mass is 32.2. The van der Waals surface area contributed by atoms with Crippen LogP contribution in [0.3, 0.4) is 0 Å². The van der Waals surface area contributed by atoms with Crippen LogP contribution in [0.4, 0.5) is 4.79 Å². The quantitative estimate of drug-likeness (QED) is 0.201. The van der Waals surface area contributed by atoms with E-state index in [-0.39, 0.29) is 19.0 Å². The maximum atomic E-state index is 13.2. The largest absolute Gasteiger partial charge is 0.479 e. The number of carboxylic acids is 1. The zero-order valence-electron chi connectivity index (χ0n) is 26.5. The summed E-state index contributed by atoms with van der Waals surface area (Å²) in [5, 5.41) is 18.1. The number of likely N-dealkylation sites (tertiary alicyclic amines) is 1. The molecule has 3 rings (SSSR count). The number of nitrogens with zero attached hydrogens (tertiary/aromatic N) is 3. The van der Waals surface area contributed by atoms with E-state index in [9.17, 15) is 32.7 Å². The number of carbonyl (C=O) groups excluding carboxylic acids is 3. The van der Waals surface area contributed by atoms with Gasteiger partial charge in [0, 0.05) is 39.3 Å². The minimum atomic E-state index is -3.58. The van der Waals surface area contributed by atoms with E-state index in [0.717, 1.165) is 25.7 Å². The first-order valence-electron chi connectivity index (χ1n) is 15.7. The lowest BCUT2D eigenvalue weighted by atomic mass is 9.86. The number of hydrogen-bond acceptors (Lipinski definition) is 6. The number of likely N-dealkylation sites (N-methyl/N-ethyl adjacent to an activating group) is 1. The number of unbranched alkanes of at least 4 members (excludes halogenated alkanes) is 5. The fourth-order valence-electron chi connectivity index (χ4n) is 6.03. The van der Waals surface area contributed by atoms with Crippen molar-refractivity contribution in [2.45, 2.75) is 110 Å². The molecule has 43 heavy (non-hydrogen) atoms. The fraction of sp³-hybridized carbons (Fsp3) is 0.862. The molecule has 0 bridgehead atoms. The van der Waals surface area contributed by atoms with Crippen molar-refractivity contribution in [2.24, 2.45) is 11.3 Å². The molecule has 0 aromatic rings. The van der Waals surface area contributed by atoms with Gasteiger partial charge in [-0.15, -0.1) is 0 Å². The van der Waals surface area contributed by atoms with Crippen LogP contribution in [0.5, 0.6) is 0 Å². The number of hydrogen-bond donors (Lipinski definition) is 4. The standard InChI is InChI=1S/C29H52N6O7S/c1-6-7-8-9-10-11-13-21-18-29(21,26(38)39)32-25(37)22-14-12-15-35(22)24(36)19-30-27(40)31-23(28(2,3)4)20-34-17-16-33(5)43(34,41)42/h21-23H,6-20H2,1-5H3,(H,32,37)(H,38,39)(H2,30,31,40)/t21?,22-,23?,29+/m0/s1. The van der Waals surface area contributed by atoms with Crippen molar-refractivity contribution in [3.05, 3.63) is 0 Å². The first-order valence-corrected chi connectivity index (χ1v) is 17.1. The molecule has 3 aliphatic rings. The summed E-state index contributed by atoms with van der Waals surface area (Å²) in [6.07, 6.45) is 8.85. The Morgan fingerprint density at radius 1 is 1.02 bits per heavy atom. The molecule has 0 spiro atoms. The molecule has 0 aromatic heterocycles. The van der Waals surface area contributed by atoms with E-state index in [0.29, 0.717) is 38.9 Å². The van der Waals surface area contributed by atoms with Gasteiger partial charge in [0.05, 0.1) is 6.54 Å². The zero-order chi connectivity index (χ0) is 32.0. The smallest absolute Gasteiger partial charge is 0.329 e. The highest BCUT2D eigenvalue weighted by molar-refractivity contribution is 7.87. The molecule has 2 aliphatic heterocycles. The Bertz CT molecular complexity index is 1130. The number of carbonyl (C=O) groups is 4. The molecule has 2 unspecified atom stereocenters. The van der Waals surface area contributed by atoms with Gasteiger partial charge < -0.3 is 26.0 Å². The van der Waals surface area contributed by atoms with Crippen molar-refractivity contribution in [1.82, 2.24) is 29.5 Å². The fourth-order valence-corrected chi connectivity index (χ4v) is 7.39. The van der Waals surface area contributed by atoms with Crippen LogP contribution in [0.25, 0.3) is 0 Å². The van der Waals surface area contributed by atoms with Crippen molar-refractivity contribution in [1.29, 1.82) is 0 Å². The minimum Gasteiger partial charge on any atom is -0.479 e. The van der Waals surface area contributed by atoms with Gasteiger partial charge in [-0.25, -0.2) is 9.59 Å². The van der Waals surface area contributed by atoms with Crippen LogP contribution in [-0.4, -0.2) is 108 Å². The number of aliphatic carboxylic acids is 1. The summed E-state index contributed by atoms with van der Waals surface area (Å²) in [6, 6.07) is -1.92. The Labute approximate surface area is 256 Å². The van der Waals surface area contributed by atoms with E-state index in [4.69, 9.17) is 0 Å². The van der Waals surface area contributed by atoms with Crippen LogP contribution in [0.1, 0.15) is 91.9 Å². The first kappa shape index (κ1) is 35.0. The molecule has 3 fully saturated rings. The molecule has 4 N–H and O–H groups in total. The van der Waals surface area contributed by atoms with Gasteiger partial charge in [0.2, 0.25) is 11.8 Å². The van der Waals surface area contributed by atoms with E-state index in [1.54, 1.807) is 0 Å². The summed E-state index contributed by atoms with van der Waals surface area (Å²) in [6.45, 7) is 8.63. The molecule has 4 atom stereocenters. The summed E-state index contributed by atoms with van der Waals surface area (Å²) >= 11 is 0. The molecule has 0 radical (unpaired) electrons. The number of nitrogens with one attached hydrogen (secondary N) is 3. The molecule has 1 aliphatic carbocycles. The Hall–Kier alpha value is -2.45. The number of rotatable bonds is 15. The summed E-state index contributed by atoms with van der Waals surface area (Å²) in [5.74, 6) is -2.05. The maximum Gasteiger partial charge on any atom is 0.329 e. The van der Waals surface area contributed by atoms with E-state index in [1.165, 1.54) is 39.8 Å². The van der Waals surface area contributed by atoms with E-state index < -0.39 is 57.1 Å². The maximum absolute atomic E-state index is 13.2. The molecule has 1 saturated carbocycles. The molecule has 14 heteroatoms. The minimum absolute atomic E-state index is 0.0943. The monoisotopic (exact) mass is 628 g/mol. The molecule has 13 nitrogen and oxygen atoms in total. The van der Waals surface area contributed by atoms with Crippen LogP contribution in [0.15, 0.2) is 0 Å². The third-order valence-electron chi connectivity index (χ3n) is 9.14. The van der Waals surface area contributed by atoms with Gasteiger partial charge in [0.25, 0.3) is 10.2 Å². The van der Waals surface area contributed by atoms with Crippen LogP contribution in [0, 0.1) is 11.3 Å². The molecular weight excluding hydrogens is 576 g/mol. The van der Waals surface area contributed by atoms with Gasteiger partial charge in [-0.1, -0.05) is 66.2 Å². The molecule has 4 amide bonds. The third kappa shape index (κ3) is 8.81. The second-order valence-corrected chi connectivity index (χ2v) is 15.4. The Morgan fingerprint density at radius 2 is 1.70 bits per heavy atom. The summed E-state index contributed by atoms with van der Waals surface area (Å²) < 4.78 is 27.7. The SMILES string of the molecule is CCCCCCCCC1C[C@]1(NC(=O)[C@@H]1CCCN1C(=O)CNC(=O)NC(CN1CCN(C)S1(=O)=O)C(C)(C)C)C(=O)O. The Morgan fingerprint density at radius 3 is 2.30 bits per heavy atom.